The first kappa shape index (κ1) is 17.7. The molecule has 0 fully saturated rings. The van der Waals surface area contributed by atoms with Crippen molar-refractivity contribution in [3.05, 3.63) is 0 Å². The highest BCUT2D eigenvalue weighted by Gasteiger charge is 2.27. The van der Waals surface area contributed by atoms with Crippen LogP contribution >= 0.6 is 0 Å². The van der Waals surface area contributed by atoms with Gasteiger partial charge in [0.25, 0.3) is 0 Å². The minimum Gasteiger partial charge on any atom is -0.347 e. The summed E-state index contributed by atoms with van der Waals surface area (Å²) in [6, 6.07) is 0. The Kier molecular flexibility index (Phi) is 8.94. The van der Waals surface area contributed by atoms with E-state index in [4.69, 9.17) is 5.73 Å². The average molecular weight is 283 g/mol. The first-order valence-electron chi connectivity index (χ1n) is 6.15. The van der Waals surface area contributed by atoms with E-state index < -0.39 is 25.2 Å². The number of nitrogens with one attached hydrogen (secondary N) is 2. The van der Waals surface area contributed by atoms with Gasteiger partial charge in [0, 0.05) is 6.42 Å². The fraction of sp³-hybridized carbons (Fsp3) is 0.818. The fourth-order valence-corrected chi connectivity index (χ4v) is 1.31. The summed E-state index contributed by atoms with van der Waals surface area (Å²) in [5.74, 6) is -1.19. The van der Waals surface area contributed by atoms with Crippen LogP contribution in [0.3, 0.4) is 0 Å². The second kappa shape index (κ2) is 9.60. The molecule has 0 spiro atoms. The SMILES string of the molecule is NCCCCCCC(=O)NCC(=O)NCC(F)(F)F. The third-order valence-corrected chi connectivity index (χ3v) is 2.29. The molecule has 5 nitrogen and oxygen atoms in total. The van der Waals surface area contributed by atoms with Gasteiger partial charge < -0.3 is 16.4 Å². The van der Waals surface area contributed by atoms with Crippen LogP contribution in [0, 0.1) is 0 Å². The number of carbonyl (C=O) groups is 2. The zero-order valence-electron chi connectivity index (χ0n) is 10.7. The number of alkyl halides is 3. The van der Waals surface area contributed by atoms with Gasteiger partial charge in [-0.15, -0.1) is 0 Å². The molecule has 4 N–H and O–H groups in total. The van der Waals surface area contributed by atoms with Gasteiger partial charge in [0.2, 0.25) is 11.8 Å². The van der Waals surface area contributed by atoms with Crippen LogP contribution in [0.5, 0.6) is 0 Å². The Balaban J connectivity index is 3.53. The number of hydrogen-bond acceptors (Lipinski definition) is 3. The molecule has 0 aromatic carbocycles. The van der Waals surface area contributed by atoms with Gasteiger partial charge in [-0.2, -0.15) is 13.2 Å². The van der Waals surface area contributed by atoms with Crippen LogP contribution in [0.1, 0.15) is 32.1 Å². The molecule has 0 aliphatic rings. The first-order chi connectivity index (χ1) is 8.85. The van der Waals surface area contributed by atoms with Crippen LogP contribution in [-0.4, -0.2) is 37.6 Å². The summed E-state index contributed by atoms with van der Waals surface area (Å²) in [4.78, 5) is 22.2. The summed E-state index contributed by atoms with van der Waals surface area (Å²) in [7, 11) is 0. The second-order valence-corrected chi connectivity index (χ2v) is 4.12. The molecule has 2 amide bonds. The van der Waals surface area contributed by atoms with Crippen LogP contribution in [0.25, 0.3) is 0 Å². The van der Waals surface area contributed by atoms with E-state index in [0.29, 0.717) is 13.0 Å². The highest BCUT2D eigenvalue weighted by atomic mass is 19.4. The van der Waals surface area contributed by atoms with Gasteiger partial charge >= 0.3 is 6.18 Å². The molecule has 0 rings (SSSR count). The first-order valence-corrected chi connectivity index (χ1v) is 6.15. The van der Waals surface area contributed by atoms with Crippen molar-refractivity contribution in [2.24, 2.45) is 5.73 Å². The van der Waals surface area contributed by atoms with Crippen LogP contribution in [-0.2, 0) is 9.59 Å². The smallest absolute Gasteiger partial charge is 0.347 e. The van der Waals surface area contributed by atoms with E-state index in [1.807, 2.05) is 0 Å². The molecule has 0 bridgehead atoms. The summed E-state index contributed by atoms with van der Waals surface area (Å²) in [6.45, 7) is -1.20. The molecule has 19 heavy (non-hydrogen) atoms. The Hall–Kier alpha value is -1.31. The van der Waals surface area contributed by atoms with E-state index in [2.05, 4.69) is 5.32 Å². The zero-order valence-corrected chi connectivity index (χ0v) is 10.7. The van der Waals surface area contributed by atoms with Crippen LogP contribution in [0.4, 0.5) is 13.2 Å². The monoisotopic (exact) mass is 283 g/mol. The molecule has 0 radical (unpaired) electrons. The number of halogens is 3. The number of nitrogens with two attached hydrogens (primary N) is 1. The van der Waals surface area contributed by atoms with Crippen molar-refractivity contribution in [2.75, 3.05) is 19.6 Å². The highest BCUT2D eigenvalue weighted by Crippen LogP contribution is 2.11. The van der Waals surface area contributed by atoms with Crippen LogP contribution in [0.15, 0.2) is 0 Å². The Bertz CT molecular complexity index is 283. The number of rotatable bonds is 9. The third-order valence-electron chi connectivity index (χ3n) is 2.29. The maximum atomic E-state index is 11.8. The quantitative estimate of drug-likeness (QED) is 0.544. The van der Waals surface area contributed by atoms with Gasteiger partial charge in [0.1, 0.15) is 6.54 Å². The van der Waals surface area contributed by atoms with Gasteiger partial charge in [-0.3, -0.25) is 9.59 Å². The molecular weight excluding hydrogens is 263 g/mol. The lowest BCUT2D eigenvalue weighted by atomic mass is 10.1. The molecule has 0 saturated carbocycles. The number of carbonyl (C=O) groups excluding carboxylic acids is 2. The fourth-order valence-electron chi connectivity index (χ4n) is 1.31. The van der Waals surface area contributed by atoms with Gasteiger partial charge in [-0.25, -0.2) is 0 Å². The summed E-state index contributed by atoms with van der Waals surface area (Å²) >= 11 is 0. The largest absolute Gasteiger partial charge is 0.405 e. The van der Waals surface area contributed by atoms with Gasteiger partial charge in [-0.05, 0) is 19.4 Å². The Morgan fingerprint density at radius 1 is 0.947 bits per heavy atom. The Morgan fingerprint density at radius 2 is 1.58 bits per heavy atom. The Labute approximate surface area is 110 Å². The van der Waals surface area contributed by atoms with E-state index >= 15 is 0 Å². The van der Waals surface area contributed by atoms with Gasteiger partial charge in [0.15, 0.2) is 0 Å². The van der Waals surface area contributed by atoms with Crippen LogP contribution in [0.2, 0.25) is 0 Å². The lowest BCUT2D eigenvalue weighted by molar-refractivity contribution is -0.138. The molecule has 0 aliphatic carbocycles. The van der Waals surface area contributed by atoms with Crippen molar-refractivity contribution in [3.8, 4) is 0 Å². The van der Waals surface area contributed by atoms with Gasteiger partial charge in [-0.1, -0.05) is 12.8 Å². The van der Waals surface area contributed by atoms with Crippen molar-refractivity contribution >= 4 is 11.8 Å². The Morgan fingerprint density at radius 3 is 2.16 bits per heavy atom. The summed E-state index contributed by atoms with van der Waals surface area (Å²) in [6.07, 6.45) is -0.794. The van der Waals surface area contributed by atoms with E-state index in [1.54, 1.807) is 5.32 Å². The van der Waals surface area contributed by atoms with E-state index in [0.717, 1.165) is 19.3 Å². The summed E-state index contributed by atoms with van der Waals surface area (Å²) < 4.78 is 35.3. The molecular formula is C11H20F3N3O2. The van der Waals surface area contributed by atoms with Crippen LogP contribution < -0.4 is 16.4 Å². The van der Waals surface area contributed by atoms with E-state index in [9.17, 15) is 22.8 Å². The van der Waals surface area contributed by atoms with E-state index in [-0.39, 0.29) is 12.3 Å². The van der Waals surface area contributed by atoms with Crippen molar-refractivity contribution in [1.82, 2.24) is 10.6 Å². The lowest BCUT2D eigenvalue weighted by Gasteiger charge is -2.09. The highest BCUT2D eigenvalue weighted by molar-refractivity contribution is 5.84. The number of hydrogen-bond donors (Lipinski definition) is 3. The minimum absolute atomic E-state index is 0.261. The maximum absolute atomic E-state index is 11.8. The molecule has 8 heteroatoms. The molecule has 0 saturated heterocycles. The average Bonchev–Trinajstić information content (AvgIpc) is 2.32. The standard InChI is InChI=1S/C11H20F3N3O2/c12-11(13,14)8-17-10(19)7-16-9(18)5-3-1-2-4-6-15/h1-8,15H2,(H,16,18)(H,17,19). The normalized spacial score (nSPS) is 11.2. The predicted molar refractivity (Wildman–Crippen MR) is 64.2 cm³/mol. The third kappa shape index (κ3) is 12.9. The minimum atomic E-state index is -4.44. The summed E-state index contributed by atoms with van der Waals surface area (Å²) in [5, 5.41) is 3.94. The molecule has 0 aromatic rings. The summed E-state index contributed by atoms with van der Waals surface area (Å²) in [5.41, 5.74) is 5.31. The van der Waals surface area contributed by atoms with Crippen molar-refractivity contribution in [1.29, 1.82) is 0 Å². The topological polar surface area (TPSA) is 84.2 Å². The molecule has 0 heterocycles. The molecule has 112 valence electrons. The second-order valence-electron chi connectivity index (χ2n) is 4.12. The maximum Gasteiger partial charge on any atom is 0.405 e. The van der Waals surface area contributed by atoms with Crippen molar-refractivity contribution in [3.63, 3.8) is 0 Å². The zero-order chi connectivity index (χ0) is 14.7. The van der Waals surface area contributed by atoms with Gasteiger partial charge in [0.05, 0.1) is 6.54 Å². The van der Waals surface area contributed by atoms with Crippen molar-refractivity contribution in [2.45, 2.75) is 38.3 Å². The molecule has 0 atom stereocenters. The molecule has 0 aromatic heterocycles. The number of unbranched alkanes of at least 4 members (excludes halogenated alkanes) is 3. The van der Waals surface area contributed by atoms with E-state index in [1.165, 1.54) is 0 Å². The molecule has 0 aliphatic heterocycles. The van der Waals surface area contributed by atoms with Crippen molar-refractivity contribution < 1.29 is 22.8 Å². The lowest BCUT2D eigenvalue weighted by Crippen LogP contribution is -2.40. The number of amides is 2. The predicted octanol–water partition coefficient (Wildman–Crippen LogP) is 0.690. The molecule has 0 unspecified atom stereocenters.